The molecule has 5 heteroatoms. The summed E-state index contributed by atoms with van der Waals surface area (Å²) in [6, 6.07) is 25.1. The molecule has 0 spiro atoms. The van der Waals surface area contributed by atoms with Crippen molar-refractivity contribution in [1.82, 2.24) is 9.97 Å². The Hall–Kier alpha value is -4.30. The Morgan fingerprint density at radius 2 is 1.75 bits per heavy atom. The Labute approximate surface area is 187 Å². The molecule has 0 saturated heterocycles. The van der Waals surface area contributed by atoms with Gasteiger partial charge in [0.2, 0.25) is 5.91 Å². The summed E-state index contributed by atoms with van der Waals surface area (Å²) in [5.74, 6) is -1.15. The summed E-state index contributed by atoms with van der Waals surface area (Å²) in [6.07, 6.45) is 4.22. The molecule has 32 heavy (non-hydrogen) atoms. The minimum Gasteiger partial charge on any atom is -0.369 e. The van der Waals surface area contributed by atoms with Crippen LogP contribution in [0.4, 0.5) is 0 Å². The van der Waals surface area contributed by atoms with Crippen LogP contribution >= 0.6 is 0 Å². The van der Waals surface area contributed by atoms with Gasteiger partial charge in [-0.2, -0.15) is 5.26 Å². The van der Waals surface area contributed by atoms with Crippen LogP contribution in [0.5, 0.6) is 0 Å². The Morgan fingerprint density at radius 1 is 0.969 bits per heavy atom. The van der Waals surface area contributed by atoms with E-state index in [-0.39, 0.29) is 0 Å². The van der Waals surface area contributed by atoms with Crippen molar-refractivity contribution in [3.8, 4) is 28.5 Å². The van der Waals surface area contributed by atoms with Gasteiger partial charge in [-0.15, -0.1) is 0 Å². The zero-order valence-electron chi connectivity index (χ0n) is 17.7. The minimum atomic E-state index is -0.675. The van der Waals surface area contributed by atoms with Gasteiger partial charge in [0, 0.05) is 23.7 Å². The number of carbonyl (C=O) groups excluding carboxylic acids is 1. The summed E-state index contributed by atoms with van der Waals surface area (Å²) in [6.45, 7) is 2.03. The molecular formula is C27H22N4O. The zero-order valence-corrected chi connectivity index (χ0v) is 17.7. The lowest BCUT2D eigenvalue weighted by Gasteiger charge is -2.17. The molecule has 0 saturated carbocycles. The van der Waals surface area contributed by atoms with E-state index in [1.54, 1.807) is 24.5 Å². The number of aromatic nitrogens is 2. The molecule has 0 bridgehead atoms. The van der Waals surface area contributed by atoms with E-state index in [9.17, 15) is 10.1 Å². The second kappa shape index (κ2) is 9.23. The average molecular weight is 419 g/mol. The van der Waals surface area contributed by atoms with E-state index < -0.39 is 11.8 Å². The van der Waals surface area contributed by atoms with E-state index in [1.807, 2.05) is 67.6 Å². The number of nitriles is 1. The summed E-state index contributed by atoms with van der Waals surface area (Å²) in [5.41, 5.74) is 12.2. The van der Waals surface area contributed by atoms with Crippen molar-refractivity contribution in [3.63, 3.8) is 0 Å². The van der Waals surface area contributed by atoms with Gasteiger partial charge in [0.05, 0.1) is 23.2 Å². The highest BCUT2D eigenvalue weighted by Crippen LogP contribution is 2.31. The molecule has 2 aromatic carbocycles. The number of benzene rings is 2. The van der Waals surface area contributed by atoms with Crippen molar-refractivity contribution < 1.29 is 4.79 Å². The Kier molecular flexibility index (Phi) is 6.05. The molecule has 156 valence electrons. The lowest BCUT2D eigenvalue weighted by atomic mass is 9.88. The van der Waals surface area contributed by atoms with Crippen molar-refractivity contribution in [2.24, 2.45) is 5.73 Å². The molecule has 4 aromatic rings. The van der Waals surface area contributed by atoms with Gasteiger partial charge in [0.15, 0.2) is 0 Å². The van der Waals surface area contributed by atoms with E-state index >= 15 is 0 Å². The van der Waals surface area contributed by atoms with Crippen LogP contribution in [0.2, 0.25) is 0 Å². The van der Waals surface area contributed by atoms with Gasteiger partial charge in [-0.3, -0.25) is 14.8 Å². The highest BCUT2D eigenvalue weighted by atomic mass is 16.1. The second-order valence-electron chi connectivity index (χ2n) is 7.48. The molecule has 4 rings (SSSR count). The summed E-state index contributed by atoms with van der Waals surface area (Å²) in [5, 5.41) is 9.63. The number of nitrogens with zero attached hydrogens (tertiary/aromatic N) is 3. The van der Waals surface area contributed by atoms with Gasteiger partial charge < -0.3 is 5.73 Å². The van der Waals surface area contributed by atoms with Crippen LogP contribution in [0.3, 0.4) is 0 Å². The van der Waals surface area contributed by atoms with E-state index in [1.165, 1.54) is 0 Å². The molecule has 2 heterocycles. The summed E-state index contributed by atoms with van der Waals surface area (Å²) in [4.78, 5) is 21.4. The smallest absolute Gasteiger partial charge is 0.229 e. The molecule has 0 aliphatic heterocycles. The van der Waals surface area contributed by atoms with Crippen molar-refractivity contribution >= 4 is 5.91 Å². The molecule has 5 nitrogen and oxygen atoms in total. The van der Waals surface area contributed by atoms with Crippen molar-refractivity contribution in [3.05, 3.63) is 108 Å². The minimum absolute atomic E-state index is 0.473. The van der Waals surface area contributed by atoms with Gasteiger partial charge in [0.25, 0.3) is 0 Å². The molecule has 2 N–H and O–H groups in total. The third kappa shape index (κ3) is 4.26. The fourth-order valence-corrected chi connectivity index (χ4v) is 3.79. The number of nitrogens with two attached hydrogens (primary N) is 1. The highest BCUT2D eigenvalue weighted by molar-refractivity contribution is 5.86. The third-order valence-corrected chi connectivity index (χ3v) is 5.46. The van der Waals surface area contributed by atoms with E-state index in [2.05, 4.69) is 16.0 Å². The molecule has 0 radical (unpaired) electrons. The molecule has 1 unspecified atom stereocenters. The van der Waals surface area contributed by atoms with Crippen molar-refractivity contribution in [2.45, 2.75) is 19.3 Å². The number of amides is 1. The highest BCUT2D eigenvalue weighted by Gasteiger charge is 2.22. The maximum atomic E-state index is 12.5. The van der Waals surface area contributed by atoms with Gasteiger partial charge in [0.1, 0.15) is 0 Å². The van der Waals surface area contributed by atoms with Gasteiger partial charge in [-0.05, 0) is 59.0 Å². The van der Waals surface area contributed by atoms with Crippen LogP contribution in [-0.4, -0.2) is 15.9 Å². The van der Waals surface area contributed by atoms with Crippen molar-refractivity contribution in [2.75, 3.05) is 0 Å². The fraction of sp³-hybridized carbons (Fsp3) is 0.111. The molecule has 0 aliphatic carbocycles. The molecule has 0 aliphatic rings. The maximum Gasteiger partial charge on any atom is 0.229 e. The molecular weight excluding hydrogens is 396 g/mol. The lowest BCUT2D eigenvalue weighted by molar-refractivity contribution is -0.118. The number of hydrogen-bond acceptors (Lipinski definition) is 4. The number of primary amides is 1. The predicted octanol–water partition coefficient (Wildman–Crippen LogP) is 4.86. The zero-order chi connectivity index (χ0) is 22.5. The Morgan fingerprint density at radius 3 is 2.41 bits per heavy atom. The molecule has 1 amide bonds. The van der Waals surface area contributed by atoms with Crippen LogP contribution in [0, 0.1) is 11.3 Å². The standard InChI is InChI=1S/C27H22N4O/c1-2-23-14-19(12-13-30-23)24-15-20(8-9-21(24)16-28)26(27(29)32)22-10-11-25(31-17-22)18-6-4-3-5-7-18/h3-15,17,26H,2H2,1H3,(H2,29,32). The summed E-state index contributed by atoms with van der Waals surface area (Å²) >= 11 is 0. The van der Waals surface area contributed by atoms with E-state index in [4.69, 9.17) is 5.73 Å². The predicted molar refractivity (Wildman–Crippen MR) is 124 cm³/mol. The fourth-order valence-electron chi connectivity index (χ4n) is 3.79. The number of aryl methyl sites for hydroxylation is 1. The van der Waals surface area contributed by atoms with Crippen LogP contribution in [0.15, 0.2) is 85.2 Å². The molecule has 1 atom stereocenters. The van der Waals surface area contributed by atoms with Gasteiger partial charge >= 0.3 is 0 Å². The number of hydrogen-bond donors (Lipinski definition) is 1. The molecule has 2 aromatic heterocycles. The maximum absolute atomic E-state index is 12.5. The van der Waals surface area contributed by atoms with Gasteiger partial charge in [-0.1, -0.05) is 49.4 Å². The lowest BCUT2D eigenvalue weighted by Crippen LogP contribution is -2.22. The quantitative estimate of drug-likeness (QED) is 0.484. The van der Waals surface area contributed by atoms with Crippen LogP contribution in [0.25, 0.3) is 22.4 Å². The summed E-state index contributed by atoms with van der Waals surface area (Å²) < 4.78 is 0. The Bertz CT molecular complexity index is 1290. The van der Waals surface area contributed by atoms with Crippen LogP contribution in [0.1, 0.15) is 35.2 Å². The third-order valence-electron chi connectivity index (χ3n) is 5.46. The second-order valence-corrected chi connectivity index (χ2v) is 7.48. The Balaban J connectivity index is 1.76. The van der Waals surface area contributed by atoms with Crippen LogP contribution < -0.4 is 5.73 Å². The van der Waals surface area contributed by atoms with E-state index in [0.717, 1.165) is 40.1 Å². The largest absolute Gasteiger partial charge is 0.369 e. The number of rotatable bonds is 6. The first-order valence-corrected chi connectivity index (χ1v) is 10.4. The average Bonchev–Trinajstić information content (AvgIpc) is 2.85. The van der Waals surface area contributed by atoms with E-state index in [0.29, 0.717) is 11.1 Å². The molecule has 0 fully saturated rings. The first-order valence-electron chi connectivity index (χ1n) is 10.4. The van der Waals surface area contributed by atoms with Crippen molar-refractivity contribution in [1.29, 1.82) is 5.26 Å². The normalized spacial score (nSPS) is 11.5. The summed E-state index contributed by atoms with van der Waals surface area (Å²) in [7, 11) is 0. The monoisotopic (exact) mass is 418 g/mol. The number of carbonyl (C=O) groups is 1. The topological polar surface area (TPSA) is 92.7 Å². The first kappa shape index (κ1) is 21.0. The number of pyridine rings is 2. The SMILES string of the molecule is CCc1cc(-c2cc(C(C(N)=O)c3ccc(-c4ccccc4)nc3)ccc2C#N)ccn1. The first-order chi connectivity index (χ1) is 15.6. The van der Waals surface area contributed by atoms with Gasteiger partial charge in [-0.25, -0.2) is 0 Å². The van der Waals surface area contributed by atoms with Crippen LogP contribution in [-0.2, 0) is 11.2 Å².